The molecule has 1 amide bonds. The third-order valence-corrected chi connectivity index (χ3v) is 17.5. The Morgan fingerprint density at radius 2 is 0.683 bits per heavy atom. The van der Waals surface area contributed by atoms with Crippen molar-refractivity contribution in [2.45, 2.75) is 373 Å². The van der Waals surface area contributed by atoms with Crippen molar-refractivity contribution in [3.05, 3.63) is 48.6 Å². The quantitative estimate of drug-likeness (QED) is 0.0272. The van der Waals surface area contributed by atoms with Gasteiger partial charge in [-0.3, -0.25) is 9.36 Å². The van der Waals surface area contributed by atoms with Crippen molar-refractivity contribution in [2.24, 2.45) is 0 Å². The Labute approximate surface area is 511 Å². The van der Waals surface area contributed by atoms with Gasteiger partial charge < -0.3 is 28.8 Å². The van der Waals surface area contributed by atoms with Gasteiger partial charge in [-0.15, -0.1) is 0 Å². The fourth-order valence-electron chi connectivity index (χ4n) is 10.9. The molecule has 0 radical (unpaired) electrons. The topological polar surface area (TPSA) is 108 Å². The van der Waals surface area contributed by atoms with Gasteiger partial charge in [-0.1, -0.05) is 332 Å². The zero-order valence-electron chi connectivity index (χ0n) is 55.5. The van der Waals surface area contributed by atoms with E-state index in [2.05, 4.69) is 55.6 Å². The van der Waals surface area contributed by atoms with Crippen molar-refractivity contribution < 1.29 is 32.9 Å². The summed E-state index contributed by atoms with van der Waals surface area (Å²) in [5, 5.41) is 13.9. The minimum absolute atomic E-state index is 0.00785. The van der Waals surface area contributed by atoms with Gasteiger partial charge in [0.1, 0.15) is 13.2 Å². The van der Waals surface area contributed by atoms with Crippen molar-refractivity contribution in [3.8, 4) is 0 Å². The SMILES string of the molecule is CCCCCCCCCC/C=C\CCCCCCCCCCCCCCCCCCCCCCCCCCCC(=O)NC(COP(=O)([O-])OCC[N+](C)(C)C)C(O)/C=C/CC/C=C/CC/C=C/CCCCCCCCCCCCCCC. The number of phosphoric ester groups is 1. The van der Waals surface area contributed by atoms with Crippen molar-refractivity contribution in [1.82, 2.24) is 5.32 Å². The lowest BCUT2D eigenvalue weighted by molar-refractivity contribution is -0.870. The molecular formula is C73H141N2O6P. The zero-order chi connectivity index (χ0) is 59.8. The average Bonchev–Trinajstić information content (AvgIpc) is 3.47. The third kappa shape index (κ3) is 66.0. The van der Waals surface area contributed by atoms with Crippen LogP contribution in [0, 0.1) is 0 Å². The molecule has 0 aromatic rings. The van der Waals surface area contributed by atoms with Crippen LogP contribution < -0.4 is 10.2 Å². The molecule has 2 N–H and O–H groups in total. The summed E-state index contributed by atoms with van der Waals surface area (Å²) in [7, 11) is 1.25. The van der Waals surface area contributed by atoms with Crippen LogP contribution in [0.15, 0.2) is 48.6 Å². The van der Waals surface area contributed by atoms with Crippen LogP contribution in [0.2, 0.25) is 0 Å². The number of aliphatic hydroxyl groups excluding tert-OH is 1. The maximum absolute atomic E-state index is 13.0. The molecule has 0 aromatic carbocycles. The molecule has 0 aliphatic heterocycles. The maximum atomic E-state index is 13.0. The van der Waals surface area contributed by atoms with Crippen LogP contribution in [-0.2, 0) is 18.4 Å². The maximum Gasteiger partial charge on any atom is 0.268 e. The number of rotatable bonds is 67. The van der Waals surface area contributed by atoms with E-state index < -0.39 is 26.6 Å². The second-order valence-electron chi connectivity index (χ2n) is 25.9. The van der Waals surface area contributed by atoms with E-state index in [1.807, 2.05) is 27.2 Å². The standard InChI is InChI=1S/C73H141N2O6P/c1-6-8-10-12-14-16-18-20-22-24-26-28-30-31-32-33-34-35-36-37-38-39-40-41-42-43-45-47-49-51-53-55-57-59-61-63-65-67-73(77)74-71(70-81-82(78,79)80-69-68-75(3,4)5)72(76)66-64-62-60-58-56-54-52-50-48-46-44-29-27-25-23-21-19-17-15-13-11-9-7-2/h24,26,48,50,56,58,64,66,71-72,76H,6-23,25,27-47,49,51-55,57,59-63,65,67-70H2,1-5H3,(H-,74,77,78,79)/b26-24-,50-48+,58-56+,66-64+. The lowest BCUT2D eigenvalue weighted by Crippen LogP contribution is -2.45. The summed E-state index contributed by atoms with van der Waals surface area (Å²) in [5.41, 5.74) is 0. The van der Waals surface area contributed by atoms with Crippen LogP contribution in [0.4, 0.5) is 0 Å². The van der Waals surface area contributed by atoms with Gasteiger partial charge in [0, 0.05) is 6.42 Å². The monoisotopic (exact) mass is 1170 g/mol. The highest BCUT2D eigenvalue weighted by Gasteiger charge is 2.23. The first-order valence-electron chi connectivity index (χ1n) is 36.0. The molecule has 0 bridgehead atoms. The summed E-state index contributed by atoms with van der Waals surface area (Å²) in [6.45, 7) is 4.67. The molecule has 0 spiro atoms. The van der Waals surface area contributed by atoms with E-state index in [1.165, 1.54) is 295 Å². The van der Waals surface area contributed by atoms with E-state index in [0.717, 1.165) is 44.9 Å². The number of unbranched alkanes of at least 4 members (excludes halogenated alkanes) is 48. The molecule has 0 aliphatic carbocycles. The van der Waals surface area contributed by atoms with Gasteiger partial charge in [0.05, 0.1) is 39.9 Å². The second kappa shape index (κ2) is 63.9. The molecule has 0 saturated carbocycles. The molecule has 0 aromatic heterocycles. The van der Waals surface area contributed by atoms with Crippen LogP contribution in [0.1, 0.15) is 361 Å². The van der Waals surface area contributed by atoms with E-state index in [1.54, 1.807) is 6.08 Å². The number of hydrogen-bond donors (Lipinski definition) is 2. The predicted octanol–water partition coefficient (Wildman–Crippen LogP) is 22.4. The van der Waals surface area contributed by atoms with E-state index in [-0.39, 0.29) is 12.5 Å². The fraction of sp³-hybridized carbons (Fsp3) is 0.877. The van der Waals surface area contributed by atoms with E-state index >= 15 is 0 Å². The van der Waals surface area contributed by atoms with E-state index in [0.29, 0.717) is 17.4 Å². The third-order valence-electron chi connectivity index (χ3n) is 16.5. The van der Waals surface area contributed by atoms with Gasteiger partial charge in [-0.25, -0.2) is 0 Å². The lowest BCUT2D eigenvalue weighted by atomic mass is 10.0. The molecule has 0 heterocycles. The Kier molecular flexibility index (Phi) is 62.7. The lowest BCUT2D eigenvalue weighted by Gasteiger charge is -2.29. The minimum atomic E-state index is -4.61. The number of carbonyl (C=O) groups excluding carboxylic acids is 1. The van der Waals surface area contributed by atoms with Crippen LogP contribution in [0.3, 0.4) is 0 Å². The normalized spacial score (nSPS) is 13.9. The molecule has 3 unspecified atom stereocenters. The van der Waals surface area contributed by atoms with Crippen LogP contribution in [0.25, 0.3) is 0 Å². The zero-order valence-corrected chi connectivity index (χ0v) is 56.4. The molecule has 3 atom stereocenters. The van der Waals surface area contributed by atoms with Crippen LogP contribution in [0.5, 0.6) is 0 Å². The van der Waals surface area contributed by atoms with Crippen LogP contribution >= 0.6 is 7.82 Å². The molecule has 0 saturated heterocycles. The first kappa shape index (κ1) is 80.5. The van der Waals surface area contributed by atoms with Gasteiger partial charge in [0.2, 0.25) is 5.91 Å². The van der Waals surface area contributed by atoms with Gasteiger partial charge >= 0.3 is 0 Å². The Bertz CT molecular complexity index is 1480. The highest BCUT2D eigenvalue weighted by atomic mass is 31.2. The smallest absolute Gasteiger partial charge is 0.268 e. The number of quaternary nitrogens is 1. The fourth-order valence-corrected chi connectivity index (χ4v) is 11.6. The summed E-state index contributed by atoms with van der Waals surface area (Å²) < 4.78 is 23.4. The number of amides is 1. The summed E-state index contributed by atoms with van der Waals surface area (Å²) in [4.78, 5) is 25.6. The van der Waals surface area contributed by atoms with Crippen molar-refractivity contribution >= 4 is 13.7 Å². The largest absolute Gasteiger partial charge is 0.756 e. The number of aliphatic hydroxyl groups is 1. The summed E-state index contributed by atoms with van der Waals surface area (Å²) in [6.07, 6.45) is 86.9. The first-order valence-corrected chi connectivity index (χ1v) is 37.5. The number of likely N-dealkylation sites (N-methyl/N-ethyl adjacent to an activating group) is 1. The number of hydrogen-bond acceptors (Lipinski definition) is 6. The van der Waals surface area contributed by atoms with E-state index in [9.17, 15) is 19.4 Å². The molecule has 8 nitrogen and oxygen atoms in total. The summed E-state index contributed by atoms with van der Waals surface area (Å²) in [6, 6.07) is -0.910. The summed E-state index contributed by atoms with van der Waals surface area (Å²) in [5.74, 6) is -0.205. The number of carbonyl (C=O) groups is 1. The number of nitrogens with one attached hydrogen (secondary N) is 1. The van der Waals surface area contributed by atoms with Gasteiger partial charge in [0.15, 0.2) is 0 Å². The molecule has 9 heteroatoms. The molecule has 484 valence electrons. The Morgan fingerprint density at radius 3 is 0.988 bits per heavy atom. The van der Waals surface area contributed by atoms with Crippen molar-refractivity contribution in [2.75, 3.05) is 40.9 Å². The minimum Gasteiger partial charge on any atom is -0.756 e. The molecule has 82 heavy (non-hydrogen) atoms. The summed E-state index contributed by atoms with van der Waals surface area (Å²) >= 11 is 0. The first-order chi connectivity index (χ1) is 40.0. The van der Waals surface area contributed by atoms with Gasteiger partial charge in [-0.2, -0.15) is 0 Å². The van der Waals surface area contributed by atoms with Gasteiger partial charge in [0.25, 0.3) is 7.82 Å². The predicted molar refractivity (Wildman–Crippen MR) is 358 cm³/mol. The van der Waals surface area contributed by atoms with Crippen LogP contribution in [-0.4, -0.2) is 68.5 Å². The molecular weight excluding hydrogens is 1030 g/mol. The Morgan fingerprint density at radius 1 is 0.415 bits per heavy atom. The number of nitrogens with zero attached hydrogens (tertiary/aromatic N) is 1. The Hall–Kier alpha value is -1.54. The van der Waals surface area contributed by atoms with Gasteiger partial charge in [-0.05, 0) is 70.6 Å². The molecule has 0 fully saturated rings. The Balaban J connectivity index is 4.01. The van der Waals surface area contributed by atoms with E-state index in [4.69, 9.17) is 9.05 Å². The second-order valence-corrected chi connectivity index (χ2v) is 27.3. The van der Waals surface area contributed by atoms with Crippen molar-refractivity contribution in [3.63, 3.8) is 0 Å². The highest BCUT2D eigenvalue weighted by molar-refractivity contribution is 7.45. The molecule has 0 rings (SSSR count). The number of phosphoric acid groups is 1. The number of allylic oxidation sites excluding steroid dienone is 7. The average molecular weight is 1170 g/mol. The van der Waals surface area contributed by atoms with Crippen molar-refractivity contribution in [1.29, 1.82) is 0 Å². The molecule has 0 aliphatic rings. The highest BCUT2D eigenvalue weighted by Crippen LogP contribution is 2.38.